The van der Waals surface area contributed by atoms with Gasteiger partial charge in [0.1, 0.15) is 0 Å². The number of carbonyl (C=O) groups is 2. The van der Waals surface area contributed by atoms with Crippen LogP contribution in [-0.2, 0) is 24.7 Å². The van der Waals surface area contributed by atoms with Crippen molar-refractivity contribution in [2.75, 3.05) is 22.1 Å². The number of amides is 2. The van der Waals surface area contributed by atoms with Gasteiger partial charge in [-0.3, -0.25) is 9.59 Å². The van der Waals surface area contributed by atoms with Crippen LogP contribution in [0.25, 0.3) is 0 Å². The van der Waals surface area contributed by atoms with Crippen LogP contribution >= 0.6 is 0 Å². The smallest absolute Gasteiger partial charge is 0.255 e. The van der Waals surface area contributed by atoms with E-state index in [2.05, 4.69) is 15.4 Å². The normalized spacial score (nSPS) is 17.8. The van der Waals surface area contributed by atoms with E-state index in [9.17, 15) is 26.4 Å². The molecule has 3 rings (SSSR count). The highest BCUT2D eigenvalue weighted by molar-refractivity contribution is 7.92. The summed E-state index contributed by atoms with van der Waals surface area (Å²) in [6.07, 6.45) is 0.214. The maximum atomic E-state index is 12.7. The first-order valence-electron chi connectivity index (χ1n) is 9.48. The van der Waals surface area contributed by atoms with E-state index in [1.54, 1.807) is 25.1 Å². The lowest BCUT2D eigenvalue weighted by atomic mass is 10.1. The quantitative estimate of drug-likeness (QED) is 0.593. The average Bonchev–Trinajstić information content (AvgIpc) is 3.02. The van der Waals surface area contributed by atoms with E-state index in [0.29, 0.717) is 16.9 Å². The minimum Gasteiger partial charge on any atom is -0.326 e. The number of nitrogens with one attached hydrogen (secondary N) is 3. The molecule has 1 saturated heterocycles. The summed E-state index contributed by atoms with van der Waals surface area (Å²) in [6.45, 7) is 3.12. The molecule has 0 saturated carbocycles. The van der Waals surface area contributed by atoms with E-state index in [0.717, 1.165) is 0 Å². The van der Waals surface area contributed by atoms with Crippen molar-refractivity contribution in [3.05, 3.63) is 53.6 Å². The minimum absolute atomic E-state index is 0.0560. The zero-order valence-electron chi connectivity index (χ0n) is 17.0. The fourth-order valence-electron chi connectivity index (χ4n) is 3.27. The Morgan fingerprint density at radius 1 is 1.03 bits per heavy atom. The van der Waals surface area contributed by atoms with Crippen molar-refractivity contribution in [1.82, 2.24) is 4.72 Å². The predicted molar refractivity (Wildman–Crippen MR) is 117 cm³/mol. The number of rotatable bonds is 6. The SMILES string of the molecule is CC(=O)Nc1cccc(NC(=O)c2cccc(S(=O)(=O)NC3CCS(=O)(=O)C3)c2)c1C. The molecule has 0 spiro atoms. The zero-order chi connectivity index (χ0) is 22.8. The Morgan fingerprint density at radius 3 is 2.29 bits per heavy atom. The number of sulfone groups is 1. The van der Waals surface area contributed by atoms with Crippen LogP contribution in [0, 0.1) is 6.92 Å². The summed E-state index contributed by atoms with van der Waals surface area (Å²) in [5.41, 5.74) is 1.79. The fourth-order valence-corrected chi connectivity index (χ4v) is 6.37. The van der Waals surface area contributed by atoms with Crippen molar-refractivity contribution in [1.29, 1.82) is 0 Å². The maximum absolute atomic E-state index is 12.7. The van der Waals surface area contributed by atoms with Crippen molar-refractivity contribution in [3.8, 4) is 0 Å². The molecule has 1 unspecified atom stereocenters. The summed E-state index contributed by atoms with van der Waals surface area (Å²) in [5.74, 6) is -1.06. The van der Waals surface area contributed by atoms with Crippen molar-refractivity contribution < 1.29 is 26.4 Å². The van der Waals surface area contributed by atoms with Crippen LogP contribution in [0.3, 0.4) is 0 Å². The van der Waals surface area contributed by atoms with Crippen LogP contribution in [0.4, 0.5) is 11.4 Å². The summed E-state index contributed by atoms with van der Waals surface area (Å²) < 4.78 is 50.9. The second-order valence-electron chi connectivity index (χ2n) is 7.36. The van der Waals surface area contributed by atoms with Crippen molar-refractivity contribution in [2.45, 2.75) is 31.2 Å². The van der Waals surface area contributed by atoms with Gasteiger partial charge in [-0.15, -0.1) is 0 Å². The summed E-state index contributed by atoms with van der Waals surface area (Å²) in [5, 5.41) is 5.39. The molecule has 0 aromatic heterocycles. The van der Waals surface area contributed by atoms with Gasteiger partial charge in [-0.1, -0.05) is 12.1 Å². The third kappa shape index (κ3) is 5.69. The van der Waals surface area contributed by atoms with E-state index in [4.69, 9.17) is 0 Å². The molecule has 2 aromatic rings. The van der Waals surface area contributed by atoms with Gasteiger partial charge in [-0.25, -0.2) is 21.6 Å². The van der Waals surface area contributed by atoms with Gasteiger partial charge < -0.3 is 10.6 Å². The highest BCUT2D eigenvalue weighted by Gasteiger charge is 2.31. The molecule has 1 aliphatic rings. The molecule has 0 aliphatic carbocycles. The highest BCUT2D eigenvalue weighted by Crippen LogP contribution is 2.24. The van der Waals surface area contributed by atoms with Gasteiger partial charge in [-0.2, -0.15) is 0 Å². The Bertz CT molecular complexity index is 1240. The lowest BCUT2D eigenvalue weighted by molar-refractivity contribution is -0.114. The number of benzene rings is 2. The molecular formula is C20H23N3O6S2. The van der Waals surface area contributed by atoms with Crippen LogP contribution < -0.4 is 15.4 Å². The molecular weight excluding hydrogens is 442 g/mol. The van der Waals surface area contributed by atoms with Gasteiger partial charge in [0.2, 0.25) is 15.9 Å². The van der Waals surface area contributed by atoms with Crippen molar-refractivity contribution in [3.63, 3.8) is 0 Å². The summed E-state index contributed by atoms with van der Waals surface area (Å²) >= 11 is 0. The maximum Gasteiger partial charge on any atom is 0.255 e. The monoisotopic (exact) mass is 465 g/mol. The predicted octanol–water partition coefficient (Wildman–Crippen LogP) is 1.67. The lowest BCUT2D eigenvalue weighted by Crippen LogP contribution is -2.35. The molecule has 3 N–H and O–H groups in total. The summed E-state index contributed by atoms with van der Waals surface area (Å²) in [7, 11) is -7.23. The van der Waals surface area contributed by atoms with Gasteiger partial charge in [0.25, 0.3) is 5.91 Å². The van der Waals surface area contributed by atoms with Gasteiger partial charge in [0.05, 0.1) is 16.4 Å². The van der Waals surface area contributed by atoms with Gasteiger partial charge >= 0.3 is 0 Å². The molecule has 31 heavy (non-hydrogen) atoms. The first-order chi connectivity index (χ1) is 14.5. The average molecular weight is 466 g/mol. The largest absolute Gasteiger partial charge is 0.326 e. The topological polar surface area (TPSA) is 139 Å². The van der Waals surface area contributed by atoms with Gasteiger partial charge in [0, 0.05) is 29.9 Å². The standard InChI is InChI=1S/C20H23N3O6S2/c1-13-18(21-14(2)24)7-4-8-19(13)22-20(25)15-5-3-6-17(11-15)31(28,29)23-16-9-10-30(26,27)12-16/h3-8,11,16,23H,9-10,12H2,1-2H3,(H,21,24)(H,22,25). The van der Waals surface area contributed by atoms with Crippen LogP contribution in [0.1, 0.15) is 29.3 Å². The molecule has 0 bridgehead atoms. The third-order valence-electron chi connectivity index (χ3n) is 4.85. The molecule has 11 heteroatoms. The van der Waals surface area contributed by atoms with Crippen LogP contribution in [-0.4, -0.2) is 46.2 Å². The second kappa shape index (κ2) is 8.77. The molecule has 2 amide bonds. The molecule has 2 aromatic carbocycles. The zero-order valence-corrected chi connectivity index (χ0v) is 18.6. The number of anilines is 2. The van der Waals surface area contributed by atoms with Crippen molar-refractivity contribution >= 4 is 43.0 Å². The number of hydrogen-bond acceptors (Lipinski definition) is 6. The number of carbonyl (C=O) groups excluding carboxylic acids is 2. The first-order valence-corrected chi connectivity index (χ1v) is 12.8. The van der Waals surface area contributed by atoms with Gasteiger partial charge in [0.15, 0.2) is 9.84 Å². The molecule has 1 fully saturated rings. The Morgan fingerprint density at radius 2 is 1.68 bits per heavy atom. The number of hydrogen-bond donors (Lipinski definition) is 3. The Hall–Kier alpha value is -2.76. The van der Waals surface area contributed by atoms with Crippen molar-refractivity contribution in [2.24, 2.45) is 0 Å². The second-order valence-corrected chi connectivity index (χ2v) is 11.3. The van der Waals surface area contributed by atoms with Crippen LogP contribution in [0.2, 0.25) is 0 Å². The molecule has 0 radical (unpaired) electrons. The molecule has 1 atom stereocenters. The first kappa shape index (κ1) is 22.9. The third-order valence-corrected chi connectivity index (χ3v) is 8.14. The highest BCUT2D eigenvalue weighted by atomic mass is 32.2. The Balaban J connectivity index is 1.78. The van der Waals surface area contributed by atoms with E-state index in [1.807, 2.05) is 0 Å². The van der Waals surface area contributed by atoms with Crippen LogP contribution in [0.5, 0.6) is 0 Å². The Kier molecular flexibility index (Phi) is 6.48. The molecule has 1 heterocycles. The summed E-state index contributed by atoms with van der Waals surface area (Å²) in [6, 6.07) is 9.84. The molecule has 9 nitrogen and oxygen atoms in total. The van der Waals surface area contributed by atoms with E-state index in [1.165, 1.54) is 31.2 Å². The van der Waals surface area contributed by atoms with Crippen LogP contribution in [0.15, 0.2) is 47.4 Å². The summed E-state index contributed by atoms with van der Waals surface area (Å²) in [4.78, 5) is 23.9. The minimum atomic E-state index is -3.99. The fraction of sp³-hybridized carbons (Fsp3) is 0.300. The van der Waals surface area contributed by atoms with E-state index < -0.39 is 31.8 Å². The number of sulfonamides is 1. The van der Waals surface area contributed by atoms with E-state index >= 15 is 0 Å². The lowest BCUT2D eigenvalue weighted by Gasteiger charge is -2.14. The molecule has 1 aliphatic heterocycles. The molecule has 166 valence electrons. The van der Waals surface area contributed by atoms with E-state index in [-0.39, 0.29) is 34.3 Å². The Labute approximate surface area is 181 Å². The van der Waals surface area contributed by atoms with Gasteiger partial charge in [-0.05, 0) is 49.2 Å².